The average Bonchev–Trinajstić information content (AvgIpc) is 2.48. The molecule has 104 valence electrons. The fourth-order valence-corrected chi connectivity index (χ4v) is 2.89. The van der Waals surface area contributed by atoms with Gasteiger partial charge in [-0.1, -0.05) is 12.1 Å². The van der Waals surface area contributed by atoms with Gasteiger partial charge in [0, 0.05) is 30.0 Å². The van der Waals surface area contributed by atoms with Crippen molar-refractivity contribution in [2.45, 2.75) is 38.3 Å². The number of pyridine rings is 2. The SMILES string of the molecule is C[C@H](NC1CCCc2[nH]c(=O)ccc21)c1ccccn1. The van der Waals surface area contributed by atoms with E-state index >= 15 is 0 Å². The Morgan fingerprint density at radius 1 is 1.35 bits per heavy atom. The average molecular weight is 269 g/mol. The molecule has 1 aliphatic carbocycles. The highest BCUT2D eigenvalue weighted by atomic mass is 16.1. The standard InChI is InChI=1S/C16H19N3O/c1-11(13-5-2-3-10-17-13)18-14-6-4-7-15-12(14)8-9-16(20)19-15/h2-3,5,8-11,14,18H,4,6-7H2,1H3,(H,19,20)/t11-,14?/m0/s1. The summed E-state index contributed by atoms with van der Waals surface area (Å²) in [7, 11) is 0. The highest BCUT2D eigenvalue weighted by Crippen LogP contribution is 2.29. The molecule has 2 heterocycles. The first-order valence-electron chi connectivity index (χ1n) is 7.13. The van der Waals surface area contributed by atoms with Crippen LogP contribution in [0.2, 0.25) is 0 Å². The van der Waals surface area contributed by atoms with Gasteiger partial charge >= 0.3 is 0 Å². The van der Waals surface area contributed by atoms with E-state index in [0.717, 1.165) is 30.7 Å². The van der Waals surface area contributed by atoms with Crippen LogP contribution in [0.25, 0.3) is 0 Å². The van der Waals surface area contributed by atoms with E-state index in [4.69, 9.17) is 0 Å². The van der Waals surface area contributed by atoms with Crippen LogP contribution in [0.4, 0.5) is 0 Å². The molecule has 20 heavy (non-hydrogen) atoms. The van der Waals surface area contributed by atoms with Gasteiger partial charge in [0.25, 0.3) is 0 Å². The van der Waals surface area contributed by atoms with Crippen molar-refractivity contribution in [2.24, 2.45) is 0 Å². The number of aromatic amines is 1. The van der Waals surface area contributed by atoms with Gasteiger partial charge < -0.3 is 10.3 Å². The number of fused-ring (bicyclic) bond motifs is 1. The first kappa shape index (κ1) is 13.1. The predicted octanol–water partition coefficient (Wildman–Crippen LogP) is 2.50. The van der Waals surface area contributed by atoms with E-state index in [-0.39, 0.29) is 17.6 Å². The van der Waals surface area contributed by atoms with Crippen molar-refractivity contribution in [1.82, 2.24) is 15.3 Å². The molecule has 0 radical (unpaired) electrons. The molecular formula is C16H19N3O. The zero-order chi connectivity index (χ0) is 13.9. The van der Waals surface area contributed by atoms with Crippen molar-refractivity contribution in [1.29, 1.82) is 0 Å². The molecule has 0 amide bonds. The molecule has 0 bridgehead atoms. The quantitative estimate of drug-likeness (QED) is 0.900. The Balaban J connectivity index is 1.81. The van der Waals surface area contributed by atoms with Gasteiger partial charge in [-0.2, -0.15) is 0 Å². The molecule has 2 atom stereocenters. The van der Waals surface area contributed by atoms with Gasteiger partial charge in [0.05, 0.1) is 5.69 Å². The Hall–Kier alpha value is -1.94. The van der Waals surface area contributed by atoms with Gasteiger partial charge in [0.2, 0.25) is 5.56 Å². The summed E-state index contributed by atoms with van der Waals surface area (Å²) in [5, 5.41) is 3.63. The van der Waals surface area contributed by atoms with Gasteiger partial charge in [-0.25, -0.2) is 0 Å². The van der Waals surface area contributed by atoms with Crippen LogP contribution >= 0.6 is 0 Å². The number of H-pyrrole nitrogens is 1. The molecule has 2 aromatic heterocycles. The highest BCUT2D eigenvalue weighted by molar-refractivity contribution is 5.26. The maximum absolute atomic E-state index is 11.4. The fraction of sp³-hybridized carbons (Fsp3) is 0.375. The molecule has 0 aliphatic heterocycles. The van der Waals surface area contributed by atoms with Crippen molar-refractivity contribution in [3.05, 3.63) is 63.8 Å². The number of hydrogen-bond acceptors (Lipinski definition) is 3. The first-order valence-corrected chi connectivity index (χ1v) is 7.13. The summed E-state index contributed by atoms with van der Waals surface area (Å²) in [6.07, 6.45) is 4.97. The topological polar surface area (TPSA) is 57.8 Å². The first-order chi connectivity index (χ1) is 9.74. The number of nitrogens with one attached hydrogen (secondary N) is 2. The lowest BCUT2D eigenvalue weighted by Crippen LogP contribution is -2.29. The molecule has 0 fully saturated rings. The van der Waals surface area contributed by atoms with Crippen molar-refractivity contribution >= 4 is 0 Å². The van der Waals surface area contributed by atoms with Crippen molar-refractivity contribution < 1.29 is 0 Å². The Morgan fingerprint density at radius 3 is 3.05 bits per heavy atom. The van der Waals surface area contributed by atoms with E-state index in [1.54, 1.807) is 6.07 Å². The minimum atomic E-state index is -0.0119. The van der Waals surface area contributed by atoms with Crippen molar-refractivity contribution in [2.75, 3.05) is 0 Å². The van der Waals surface area contributed by atoms with Crippen LogP contribution in [0.3, 0.4) is 0 Å². The Kier molecular flexibility index (Phi) is 3.65. The normalized spacial score (nSPS) is 19.4. The summed E-state index contributed by atoms with van der Waals surface area (Å²) in [4.78, 5) is 18.8. The molecule has 2 aromatic rings. The molecule has 4 heteroatoms. The lowest BCUT2D eigenvalue weighted by Gasteiger charge is -2.28. The zero-order valence-electron chi connectivity index (χ0n) is 11.6. The molecule has 3 rings (SSSR count). The number of aromatic nitrogens is 2. The molecule has 2 N–H and O–H groups in total. The van der Waals surface area contributed by atoms with Gasteiger partial charge in [-0.05, 0) is 43.9 Å². The number of rotatable bonds is 3. The maximum atomic E-state index is 11.4. The summed E-state index contributed by atoms with van der Waals surface area (Å²) in [5.41, 5.74) is 3.33. The molecule has 1 aliphatic rings. The van der Waals surface area contributed by atoms with E-state index in [9.17, 15) is 4.79 Å². The van der Waals surface area contributed by atoms with Crippen LogP contribution in [0.1, 0.15) is 48.8 Å². The third kappa shape index (κ3) is 2.65. The summed E-state index contributed by atoms with van der Waals surface area (Å²) in [6.45, 7) is 2.13. The second kappa shape index (κ2) is 5.59. The van der Waals surface area contributed by atoms with Crippen LogP contribution < -0.4 is 10.9 Å². The van der Waals surface area contributed by atoms with Gasteiger partial charge in [0.1, 0.15) is 0 Å². The summed E-state index contributed by atoms with van der Waals surface area (Å²) >= 11 is 0. The predicted molar refractivity (Wildman–Crippen MR) is 78.5 cm³/mol. The lowest BCUT2D eigenvalue weighted by molar-refractivity contribution is 0.407. The van der Waals surface area contributed by atoms with Crippen LogP contribution in [-0.2, 0) is 6.42 Å². The highest BCUT2D eigenvalue weighted by Gasteiger charge is 2.22. The molecule has 0 spiro atoms. The minimum absolute atomic E-state index is 0.0119. The van der Waals surface area contributed by atoms with Gasteiger partial charge in [-0.3, -0.25) is 9.78 Å². The Bertz CT molecular complexity index is 636. The van der Waals surface area contributed by atoms with Crippen LogP contribution in [-0.4, -0.2) is 9.97 Å². The largest absolute Gasteiger partial charge is 0.326 e. The molecule has 0 aromatic carbocycles. The van der Waals surface area contributed by atoms with E-state index < -0.39 is 0 Å². The molecular weight excluding hydrogens is 250 g/mol. The third-order valence-corrected chi connectivity index (χ3v) is 3.91. The molecule has 1 unspecified atom stereocenters. The molecule has 0 saturated heterocycles. The summed E-state index contributed by atoms with van der Waals surface area (Å²) in [6, 6.07) is 10.0. The zero-order valence-corrected chi connectivity index (χ0v) is 11.6. The Morgan fingerprint density at radius 2 is 2.25 bits per heavy atom. The number of aryl methyl sites for hydroxylation is 1. The fourth-order valence-electron chi connectivity index (χ4n) is 2.89. The van der Waals surface area contributed by atoms with E-state index in [1.807, 2.05) is 30.5 Å². The second-order valence-electron chi connectivity index (χ2n) is 5.34. The number of nitrogens with zero attached hydrogens (tertiary/aromatic N) is 1. The van der Waals surface area contributed by atoms with Crippen LogP contribution in [0.15, 0.2) is 41.3 Å². The third-order valence-electron chi connectivity index (χ3n) is 3.91. The molecule has 0 saturated carbocycles. The van der Waals surface area contributed by atoms with Crippen molar-refractivity contribution in [3.63, 3.8) is 0 Å². The van der Waals surface area contributed by atoms with Crippen LogP contribution in [0.5, 0.6) is 0 Å². The maximum Gasteiger partial charge on any atom is 0.248 e. The summed E-state index contributed by atoms with van der Waals surface area (Å²) < 4.78 is 0. The van der Waals surface area contributed by atoms with E-state index in [2.05, 4.69) is 22.2 Å². The Labute approximate surface area is 118 Å². The van der Waals surface area contributed by atoms with Crippen molar-refractivity contribution in [3.8, 4) is 0 Å². The van der Waals surface area contributed by atoms with Crippen LogP contribution in [0, 0.1) is 0 Å². The van der Waals surface area contributed by atoms with Gasteiger partial charge in [0.15, 0.2) is 0 Å². The second-order valence-corrected chi connectivity index (χ2v) is 5.34. The number of hydrogen-bond donors (Lipinski definition) is 2. The smallest absolute Gasteiger partial charge is 0.248 e. The van der Waals surface area contributed by atoms with E-state index in [1.165, 1.54) is 5.56 Å². The minimum Gasteiger partial charge on any atom is -0.326 e. The summed E-state index contributed by atoms with van der Waals surface area (Å²) in [5.74, 6) is 0. The molecule has 4 nitrogen and oxygen atoms in total. The lowest BCUT2D eigenvalue weighted by atomic mass is 9.90. The van der Waals surface area contributed by atoms with E-state index in [0.29, 0.717) is 0 Å². The van der Waals surface area contributed by atoms with Gasteiger partial charge in [-0.15, -0.1) is 0 Å². The monoisotopic (exact) mass is 269 g/mol.